The van der Waals surface area contributed by atoms with Crippen molar-refractivity contribution >= 4 is 17.7 Å². The van der Waals surface area contributed by atoms with E-state index in [-0.39, 0.29) is 6.03 Å². The lowest BCUT2D eigenvalue weighted by Gasteiger charge is -2.23. The van der Waals surface area contributed by atoms with Crippen LogP contribution in [0.1, 0.15) is 17.9 Å². The summed E-state index contributed by atoms with van der Waals surface area (Å²) in [5, 5.41) is 6.95. The van der Waals surface area contributed by atoms with E-state index >= 15 is 0 Å². The minimum atomic E-state index is -0.145. The average Bonchev–Trinajstić information content (AvgIpc) is 2.76. The predicted octanol–water partition coefficient (Wildman–Crippen LogP) is 1.57. The van der Waals surface area contributed by atoms with E-state index in [9.17, 15) is 4.79 Å². The van der Waals surface area contributed by atoms with Crippen LogP contribution in [0.5, 0.6) is 0 Å². The van der Waals surface area contributed by atoms with Gasteiger partial charge < -0.3 is 9.80 Å². The van der Waals surface area contributed by atoms with Gasteiger partial charge in [-0.05, 0) is 32.4 Å². The van der Waals surface area contributed by atoms with Crippen molar-refractivity contribution < 1.29 is 4.79 Å². The SMILES string of the molecule is Cc1cc(N2CCCN(C(=O)Nc3nc(C)n(C)n3)CC2)ccn1. The fourth-order valence-electron chi connectivity index (χ4n) is 2.80. The van der Waals surface area contributed by atoms with Crippen LogP contribution in [-0.2, 0) is 7.05 Å². The van der Waals surface area contributed by atoms with Crippen LogP contribution in [0.15, 0.2) is 18.3 Å². The zero-order valence-electron chi connectivity index (χ0n) is 14.4. The molecule has 3 rings (SSSR count). The van der Waals surface area contributed by atoms with Crippen LogP contribution < -0.4 is 10.2 Å². The fraction of sp³-hybridized carbons (Fsp3) is 0.500. The van der Waals surface area contributed by atoms with Gasteiger partial charge in [-0.1, -0.05) is 0 Å². The number of carbonyl (C=O) groups is 1. The van der Waals surface area contributed by atoms with Crippen molar-refractivity contribution in [2.75, 3.05) is 36.4 Å². The van der Waals surface area contributed by atoms with Gasteiger partial charge in [0.1, 0.15) is 5.82 Å². The Hall–Kier alpha value is -2.64. The van der Waals surface area contributed by atoms with Crippen molar-refractivity contribution in [3.63, 3.8) is 0 Å². The van der Waals surface area contributed by atoms with E-state index in [4.69, 9.17) is 0 Å². The highest BCUT2D eigenvalue weighted by Gasteiger charge is 2.20. The summed E-state index contributed by atoms with van der Waals surface area (Å²) in [6.07, 6.45) is 2.75. The molecule has 2 aromatic rings. The lowest BCUT2D eigenvalue weighted by Crippen LogP contribution is -2.38. The zero-order chi connectivity index (χ0) is 17.1. The third-order valence-corrected chi connectivity index (χ3v) is 4.23. The maximum absolute atomic E-state index is 12.4. The summed E-state index contributed by atoms with van der Waals surface area (Å²) in [5.41, 5.74) is 2.16. The molecule has 8 heteroatoms. The lowest BCUT2D eigenvalue weighted by molar-refractivity contribution is 0.215. The number of urea groups is 1. The number of nitrogens with zero attached hydrogens (tertiary/aromatic N) is 6. The molecule has 0 radical (unpaired) electrons. The van der Waals surface area contributed by atoms with Crippen molar-refractivity contribution in [3.05, 3.63) is 29.8 Å². The molecule has 0 aliphatic carbocycles. The maximum Gasteiger partial charge on any atom is 0.324 e. The Morgan fingerprint density at radius 1 is 1.21 bits per heavy atom. The first kappa shape index (κ1) is 16.2. The third kappa shape index (κ3) is 3.64. The molecule has 1 aliphatic rings. The summed E-state index contributed by atoms with van der Waals surface area (Å²) in [7, 11) is 1.80. The van der Waals surface area contributed by atoms with E-state index in [2.05, 4.69) is 31.3 Å². The van der Waals surface area contributed by atoms with Crippen molar-refractivity contribution in [3.8, 4) is 0 Å². The third-order valence-electron chi connectivity index (χ3n) is 4.23. The van der Waals surface area contributed by atoms with Crippen LogP contribution in [0.4, 0.5) is 16.4 Å². The van der Waals surface area contributed by atoms with Crippen molar-refractivity contribution in [2.24, 2.45) is 7.05 Å². The molecule has 0 atom stereocenters. The largest absolute Gasteiger partial charge is 0.370 e. The highest BCUT2D eigenvalue weighted by molar-refractivity contribution is 5.87. The number of nitrogens with one attached hydrogen (secondary N) is 1. The van der Waals surface area contributed by atoms with Crippen LogP contribution in [0, 0.1) is 13.8 Å². The van der Waals surface area contributed by atoms with Gasteiger partial charge in [-0.3, -0.25) is 15.0 Å². The first-order valence-electron chi connectivity index (χ1n) is 8.14. The zero-order valence-corrected chi connectivity index (χ0v) is 14.4. The molecular weight excluding hydrogens is 306 g/mol. The van der Waals surface area contributed by atoms with Crippen molar-refractivity contribution in [2.45, 2.75) is 20.3 Å². The van der Waals surface area contributed by atoms with Crippen LogP contribution in [0.25, 0.3) is 0 Å². The Labute approximate surface area is 141 Å². The van der Waals surface area contributed by atoms with Gasteiger partial charge in [0, 0.05) is 50.8 Å². The van der Waals surface area contributed by atoms with Crippen LogP contribution in [-0.4, -0.2) is 56.9 Å². The number of hydrogen-bond donors (Lipinski definition) is 1. The van der Waals surface area contributed by atoms with E-state index in [0.29, 0.717) is 12.5 Å². The quantitative estimate of drug-likeness (QED) is 0.905. The van der Waals surface area contributed by atoms with Gasteiger partial charge in [0.2, 0.25) is 5.95 Å². The highest BCUT2D eigenvalue weighted by Crippen LogP contribution is 2.17. The molecule has 8 nitrogen and oxygen atoms in total. The molecule has 24 heavy (non-hydrogen) atoms. The number of carbonyl (C=O) groups excluding carboxylic acids is 1. The highest BCUT2D eigenvalue weighted by atomic mass is 16.2. The van der Waals surface area contributed by atoms with Gasteiger partial charge >= 0.3 is 6.03 Å². The number of aryl methyl sites for hydroxylation is 3. The predicted molar refractivity (Wildman–Crippen MR) is 92.1 cm³/mol. The van der Waals surface area contributed by atoms with Crippen LogP contribution in [0.2, 0.25) is 0 Å². The Morgan fingerprint density at radius 3 is 2.75 bits per heavy atom. The molecular formula is C16H23N7O. The number of anilines is 2. The van der Waals surface area contributed by atoms with Gasteiger partial charge in [-0.2, -0.15) is 4.98 Å². The molecule has 3 heterocycles. The minimum absolute atomic E-state index is 0.145. The van der Waals surface area contributed by atoms with E-state index in [1.54, 1.807) is 11.7 Å². The lowest BCUT2D eigenvalue weighted by atomic mass is 10.3. The van der Waals surface area contributed by atoms with Crippen LogP contribution >= 0.6 is 0 Å². The molecule has 2 aromatic heterocycles. The minimum Gasteiger partial charge on any atom is -0.370 e. The summed E-state index contributed by atoms with van der Waals surface area (Å²) in [6.45, 7) is 6.95. The van der Waals surface area contributed by atoms with E-state index in [1.165, 1.54) is 0 Å². The first-order chi connectivity index (χ1) is 11.5. The van der Waals surface area contributed by atoms with Gasteiger partial charge in [0.05, 0.1) is 0 Å². The number of rotatable bonds is 2. The van der Waals surface area contributed by atoms with E-state index in [0.717, 1.165) is 43.3 Å². The summed E-state index contributed by atoms with van der Waals surface area (Å²) in [4.78, 5) is 25.0. The van der Waals surface area contributed by atoms with Gasteiger partial charge in [0.25, 0.3) is 0 Å². The average molecular weight is 329 g/mol. The molecule has 0 bridgehead atoms. The Bertz CT molecular complexity index is 707. The number of amides is 2. The molecule has 0 aromatic carbocycles. The molecule has 1 aliphatic heterocycles. The summed E-state index contributed by atoms with van der Waals surface area (Å²) in [5.74, 6) is 1.12. The molecule has 1 saturated heterocycles. The van der Waals surface area contributed by atoms with Crippen molar-refractivity contribution in [1.82, 2.24) is 24.6 Å². The molecule has 1 N–H and O–H groups in total. The van der Waals surface area contributed by atoms with E-state index in [1.807, 2.05) is 31.0 Å². The normalized spacial score (nSPS) is 15.3. The monoisotopic (exact) mass is 329 g/mol. The summed E-state index contributed by atoms with van der Waals surface area (Å²) >= 11 is 0. The fourth-order valence-corrected chi connectivity index (χ4v) is 2.80. The Kier molecular flexibility index (Phi) is 4.64. The molecule has 0 saturated carbocycles. The standard InChI is InChI=1S/C16H23N7O/c1-12-11-14(5-6-17-12)22-7-4-8-23(10-9-22)16(24)19-15-18-13(2)21(3)20-15/h5-6,11H,4,7-10H2,1-3H3,(H,19,20,24). The smallest absolute Gasteiger partial charge is 0.324 e. The van der Waals surface area contributed by atoms with Crippen LogP contribution in [0.3, 0.4) is 0 Å². The second kappa shape index (κ2) is 6.86. The Morgan fingerprint density at radius 2 is 2.04 bits per heavy atom. The second-order valence-electron chi connectivity index (χ2n) is 6.02. The van der Waals surface area contributed by atoms with Gasteiger partial charge in [-0.15, -0.1) is 5.10 Å². The summed E-state index contributed by atoms with van der Waals surface area (Å²) < 4.78 is 1.64. The Balaban J connectivity index is 1.61. The van der Waals surface area contributed by atoms with Crippen molar-refractivity contribution in [1.29, 1.82) is 0 Å². The topological polar surface area (TPSA) is 79.2 Å². The molecule has 2 amide bonds. The second-order valence-corrected chi connectivity index (χ2v) is 6.02. The number of aromatic nitrogens is 4. The summed E-state index contributed by atoms with van der Waals surface area (Å²) in [6, 6.07) is 3.95. The van der Waals surface area contributed by atoms with E-state index < -0.39 is 0 Å². The molecule has 128 valence electrons. The van der Waals surface area contributed by atoms with Gasteiger partial charge in [-0.25, -0.2) is 4.79 Å². The maximum atomic E-state index is 12.4. The number of pyridine rings is 1. The number of hydrogen-bond acceptors (Lipinski definition) is 5. The molecule has 1 fully saturated rings. The first-order valence-corrected chi connectivity index (χ1v) is 8.14. The molecule has 0 unspecified atom stereocenters. The van der Waals surface area contributed by atoms with Gasteiger partial charge in [0.15, 0.2) is 0 Å². The molecule has 0 spiro atoms.